The first-order chi connectivity index (χ1) is 17.7. The largest absolute Gasteiger partial charge is 0.536 e. The Morgan fingerprint density at radius 3 is 2.54 bits per heavy atom. The lowest BCUT2D eigenvalue weighted by molar-refractivity contribution is -0.153. The van der Waals surface area contributed by atoms with Crippen LogP contribution in [-0.4, -0.2) is 71.2 Å². The van der Waals surface area contributed by atoms with Crippen LogP contribution < -0.4 is 9.97 Å². The summed E-state index contributed by atoms with van der Waals surface area (Å²) in [5.41, 5.74) is 2.66. The summed E-state index contributed by atoms with van der Waals surface area (Å²) in [6.07, 6.45) is 0.420. The van der Waals surface area contributed by atoms with Gasteiger partial charge < -0.3 is 19.9 Å². The van der Waals surface area contributed by atoms with Crippen LogP contribution in [0.25, 0.3) is 0 Å². The first-order valence-electron chi connectivity index (χ1n) is 12.6. The van der Waals surface area contributed by atoms with E-state index in [0.29, 0.717) is 18.7 Å². The minimum absolute atomic E-state index is 0.0346. The fourth-order valence-electron chi connectivity index (χ4n) is 5.02. The second-order valence-corrected chi connectivity index (χ2v) is 9.67. The van der Waals surface area contributed by atoms with Crippen molar-refractivity contribution in [3.63, 3.8) is 0 Å². The number of ketones is 1. The molecule has 2 N–H and O–H groups in total. The van der Waals surface area contributed by atoms with Crippen LogP contribution in [0.1, 0.15) is 42.9 Å². The number of hydrogen-bond donors (Lipinski definition) is 2. The number of benzene rings is 2. The Bertz CT molecular complexity index is 1190. The molecule has 0 radical (unpaired) electrons. The van der Waals surface area contributed by atoms with E-state index in [2.05, 4.69) is 5.32 Å². The summed E-state index contributed by atoms with van der Waals surface area (Å²) in [6, 6.07) is 13.2. The van der Waals surface area contributed by atoms with Crippen LogP contribution in [0.15, 0.2) is 48.5 Å². The molecule has 9 nitrogen and oxygen atoms in total. The topological polar surface area (TPSA) is 116 Å². The van der Waals surface area contributed by atoms with Crippen LogP contribution in [0.2, 0.25) is 5.82 Å². The fraction of sp³-hybridized carbons (Fsp3) is 0.407. The first kappa shape index (κ1) is 26.4. The maximum atomic E-state index is 13.7. The second-order valence-electron chi connectivity index (χ2n) is 9.67. The number of urea groups is 1. The van der Waals surface area contributed by atoms with Crippen molar-refractivity contribution in [2.75, 3.05) is 19.6 Å². The summed E-state index contributed by atoms with van der Waals surface area (Å²) < 4.78 is 5.74. The normalized spacial score (nSPS) is 19.1. The van der Waals surface area contributed by atoms with Crippen molar-refractivity contribution in [3.05, 3.63) is 65.2 Å². The van der Waals surface area contributed by atoms with E-state index in [-0.39, 0.29) is 25.3 Å². The molecule has 2 aliphatic rings. The van der Waals surface area contributed by atoms with Crippen LogP contribution >= 0.6 is 0 Å². The fourth-order valence-corrected chi connectivity index (χ4v) is 5.02. The van der Waals surface area contributed by atoms with E-state index in [4.69, 9.17) is 4.65 Å². The molecule has 0 saturated carbocycles. The number of hydrogen-bond acceptors (Lipinski definition) is 6. The van der Waals surface area contributed by atoms with Gasteiger partial charge in [-0.25, -0.2) is 4.79 Å². The lowest BCUT2D eigenvalue weighted by Crippen LogP contribution is -2.60. The van der Waals surface area contributed by atoms with Gasteiger partial charge in [0.2, 0.25) is 0 Å². The van der Waals surface area contributed by atoms with Gasteiger partial charge in [-0.15, -0.1) is 0 Å². The van der Waals surface area contributed by atoms with Gasteiger partial charge in [-0.2, -0.15) is 0 Å². The summed E-state index contributed by atoms with van der Waals surface area (Å²) in [5.74, 6) is -2.22. The highest BCUT2D eigenvalue weighted by molar-refractivity contribution is 6.46. The monoisotopic (exact) mass is 505 g/mol. The number of carbonyl (C=O) groups excluding carboxylic acids is 4. The zero-order valence-corrected chi connectivity index (χ0v) is 21.3. The predicted octanol–water partition coefficient (Wildman–Crippen LogP) is 2.31. The third-order valence-corrected chi connectivity index (χ3v) is 7.27. The number of piperazine rings is 1. The Morgan fingerprint density at radius 2 is 1.84 bits per heavy atom. The molecule has 1 saturated heterocycles. The van der Waals surface area contributed by atoms with Crippen molar-refractivity contribution in [1.29, 1.82) is 0 Å². The molecule has 2 aromatic rings. The molecule has 3 atom stereocenters. The molecule has 1 unspecified atom stereocenters. The van der Waals surface area contributed by atoms with Gasteiger partial charge in [0.1, 0.15) is 5.75 Å². The number of likely N-dealkylation sites (N-methyl/N-ethyl adjacent to an activating group) is 1. The van der Waals surface area contributed by atoms with E-state index in [1.54, 1.807) is 6.92 Å². The maximum absolute atomic E-state index is 13.7. The van der Waals surface area contributed by atoms with Crippen LogP contribution in [0.5, 0.6) is 5.75 Å². The van der Waals surface area contributed by atoms with Gasteiger partial charge in [-0.05, 0) is 37.0 Å². The van der Waals surface area contributed by atoms with Gasteiger partial charge in [0.05, 0.1) is 6.04 Å². The number of carbonyl (C=O) groups is 4. The summed E-state index contributed by atoms with van der Waals surface area (Å²) in [4.78, 5) is 53.9. The van der Waals surface area contributed by atoms with Gasteiger partial charge in [-0.3, -0.25) is 19.3 Å². The number of fused-ring (bicyclic) bond motifs is 1. The summed E-state index contributed by atoms with van der Waals surface area (Å²) >= 11 is 0. The molecular formula is C27H32BN3O6. The lowest BCUT2D eigenvalue weighted by Gasteiger charge is -2.34. The molecule has 0 aliphatic carbocycles. The molecule has 0 aromatic heterocycles. The molecule has 4 rings (SSSR count). The Hall–Kier alpha value is -3.66. The standard InChI is InChI=1S/C27H32BN3O6/c1-4-30-13-14-31(26(34)25(30)33)27(35)29-23(18(3)19-10-6-5-7-11-19)22(32)16-21-15-20-12-8-9-17(2)24(20)37-28(21)36/h5-12,18,21,23,36H,4,13-16H2,1-3H3,(H,29,35)/t18?,21-,23+/m1/s1. The number of aryl methyl sites for hydroxylation is 1. The third kappa shape index (κ3) is 5.54. The van der Waals surface area contributed by atoms with Crippen molar-refractivity contribution in [1.82, 2.24) is 15.1 Å². The molecule has 4 amide bonds. The molecule has 2 aliphatic heterocycles. The minimum Gasteiger partial charge on any atom is -0.536 e. The Kier molecular flexibility index (Phi) is 7.97. The average molecular weight is 505 g/mol. The van der Waals surface area contributed by atoms with Gasteiger partial charge in [0, 0.05) is 37.8 Å². The Labute approximate surface area is 216 Å². The van der Waals surface area contributed by atoms with Gasteiger partial charge in [-0.1, -0.05) is 55.5 Å². The number of para-hydroxylation sites is 1. The van der Waals surface area contributed by atoms with Gasteiger partial charge in [0.25, 0.3) is 0 Å². The van der Waals surface area contributed by atoms with Crippen LogP contribution in [0.4, 0.5) is 4.79 Å². The molecule has 10 heteroatoms. The number of imide groups is 1. The van der Waals surface area contributed by atoms with E-state index in [0.717, 1.165) is 21.6 Å². The lowest BCUT2D eigenvalue weighted by atomic mass is 9.64. The zero-order valence-electron chi connectivity index (χ0n) is 21.3. The van der Waals surface area contributed by atoms with Crippen LogP contribution in [0.3, 0.4) is 0 Å². The number of nitrogens with zero attached hydrogens (tertiary/aromatic N) is 2. The zero-order chi connectivity index (χ0) is 26.7. The molecule has 2 heterocycles. The van der Waals surface area contributed by atoms with Gasteiger partial charge in [0.15, 0.2) is 5.78 Å². The third-order valence-electron chi connectivity index (χ3n) is 7.27. The Morgan fingerprint density at radius 1 is 1.11 bits per heavy atom. The number of amides is 4. The first-order valence-corrected chi connectivity index (χ1v) is 12.6. The van der Waals surface area contributed by atoms with Crippen LogP contribution in [0, 0.1) is 6.92 Å². The van der Waals surface area contributed by atoms with Crippen molar-refractivity contribution in [2.24, 2.45) is 0 Å². The molecule has 1 fully saturated rings. The molecule has 2 aromatic carbocycles. The molecule has 37 heavy (non-hydrogen) atoms. The summed E-state index contributed by atoms with van der Waals surface area (Å²) in [5, 5.41) is 13.4. The van der Waals surface area contributed by atoms with E-state index in [9.17, 15) is 24.2 Å². The van der Waals surface area contributed by atoms with E-state index in [1.165, 1.54) is 4.90 Å². The van der Waals surface area contributed by atoms with E-state index < -0.39 is 42.7 Å². The molecule has 0 spiro atoms. The van der Waals surface area contributed by atoms with Crippen LogP contribution in [-0.2, 0) is 20.8 Å². The smallest absolute Gasteiger partial charge is 0.526 e. The molecular weight excluding hydrogens is 473 g/mol. The quantitative estimate of drug-likeness (QED) is 0.441. The highest BCUT2D eigenvalue weighted by Crippen LogP contribution is 2.36. The number of rotatable bonds is 7. The predicted molar refractivity (Wildman–Crippen MR) is 138 cm³/mol. The van der Waals surface area contributed by atoms with Crippen molar-refractivity contribution in [3.8, 4) is 5.75 Å². The van der Waals surface area contributed by atoms with E-state index in [1.807, 2.05) is 62.4 Å². The SMILES string of the molecule is CCN1CCN(C(=O)N[C@H](C(=O)C[C@H]2Cc3cccc(C)c3OB2O)C(C)c2ccccc2)C(=O)C1=O. The summed E-state index contributed by atoms with van der Waals surface area (Å²) in [6.45, 7) is 6.16. The van der Waals surface area contributed by atoms with Crippen molar-refractivity contribution >= 4 is 30.7 Å². The highest BCUT2D eigenvalue weighted by atomic mass is 16.5. The van der Waals surface area contributed by atoms with E-state index >= 15 is 0 Å². The number of nitrogens with one attached hydrogen (secondary N) is 1. The number of Topliss-reactive ketones (excluding diaryl/α,β-unsaturated/α-hetero) is 1. The molecule has 194 valence electrons. The minimum atomic E-state index is -1.16. The maximum Gasteiger partial charge on any atom is 0.526 e. The Balaban J connectivity index is 1.54. The van der Waals surface area contributed by atoms with Crippen molar-refractivity contribution < 1.29 is 28.9 Å². The molecule has 0 bridgehead atoms. The van der Waals surface area contributed by atoms with Gasteiger partial charge >= 0.3 is 25.0 Å². The summed E-state index contributed by atoms with van der Waals surface area (Å²) in [7, 11) is -1.16. The highest BCUT2D eigenvalue weighted by Gasteiger charge is 2.41. The second kappa shape index (κ2) is 11.2. The van der Waals surface area contributed by atoms with Crippen molar-refractivity contribution in [2.45, 2.75) is 51.4 Å². The average Bonchev–Trinajstić information content (AvgIpc) is 2.89.